The largest absolute Gasteiger partial charge is 0.294 e. The van der Waals surface area contributed by atoms with Crippen LogP contribution in [0.5, 0.6) is 0 Å². The van der Waals surface area contributed by atoms with E-state index in [-0.39, 0.29) is 12.3 Å². The maximum atomic E-state index is 12.9. The Hall–Kier alpha value is -2.08. The summed E-state index contributed by atoms with van der Waals surface area (Å²) >= 11 is 0. The highest BCUT2D eigenvalue weighted by atomic mass is 19.1. The van der Waals surface area contributed by atoms with Gasteiger partial charge >= 0.3 is 0 Å². The van der Waals surface area contributed by atoms with Crippen LogP contribution in [0.1, 0.15) is 24.2 Å². The first-order chi connectivity index (χ1) is 9.40. The van der Waals surface area contributed by atoms with Crippen LogP contribution in [0.15, 0.2) is 24.3 Å². The van der Waals surface area contributed by atoms with Gasteiger partial charge in [0.25, 0.3) is 0 Å². The van der Waals surface area contributed by atoms with Crippen molar-refractivity contribution in [2.45, 2.75) is 25.9 Å². The molecule has 0 radical (unpaired) electrons. The number of halogens is 1. The third-order valence-corrected chi connectivity index (χ3v) is 3.47. The van der Waals surface area contributed by atoms with Crippen LogP contribution in [0, 0.1) is 5.82 Å². The molecule has 0 spiro atoms. The number of nitrogens with zero attached hydrogens (tertiary/aromatic N) is 1. The van der Waals surface area contributed by atoms with Crippen LogP contribution < -0.4 is 5.32 Å². The van der Waals surface area contributed by atoms with Crippen molar-refractivity contribution < 1.29 is 18.8 Å². The number of amides is 2. The van der Waals surface area contributed by atoms with Crippen molar-refractivity contribution in [2.24, 2.45) is 0 Å². The van der Waals surface area contributed by atoms with Gasteiger partial charge < -0.3 is 0 Å². The molecule has 0 saturated carbocycles. The van der Waals surface area contributed by atoms with Gasteiger partial charge in [-0.05, 0) is 38.1 Å². The van der Waals surface area contributed by atoms with Gasteiger partial charge in [0.15, 0.2) is 5.78 Å². The predicted octanol–water partition coefficient (Wildman–Crippen LogP) is 0.744. The Morgan fingerprint density at radius 2 is 1.95 bits per heavy atom. The maximum Gasteiger partial charge on any atom is 0.243 e. The van der Waals surface area contributed by atoms with Gasteiger partial charge in [0.1, 0.15) is 5.82 Å². The first-order valence-electron chi connectivity index (χ1n) is 6.29. The Bertz CT molecular complexity index is 556. The molecule has 1 fully saturated rings. The number of imide groups is 1. The molecular weight excluding hydrogens is 263 g/mol. The Morgan fingerprint density at radius 3 is 2.55 bits per heavy atom. The van der Waals surface area contributed by atoms with Crippen molar-refractivity contribution in [1.29, 1.82) is 0 Å². The molecule has 1 aromatic carbocycles. The Balaban J connectivity index is 2.19. The molecule has 1 N–H and O–H groups in total. The summed E-state index contributed by atoms with van der Waals surface area (Å²) in [6.45, 7) is 3.26. The molecule has 2 atom stereocenters. The fourth-order valence-corrected chi connectivity index (χ4v) is 2.21. The quantitative estimate of drug-likeness (QED) is 0.654. The summed E-state index contributed by atoms with van der Waals surface area (Å²) in [7, 11) is 0. The molecule has 2 rings (SSSR count). The second kappa shape index (κ2) is 5.50. The summed E-state index contributed by atoms with van der Waals surface area (Å²) in [4.78, 5) is 36.8. The Labute approximate surface area is 115 Å². The fourth-order valence-electron chi connectivity index (χ4n) is 2.21. The van der Waals surface area contributed by atoms with E-state index < -0.39 is 29.7 Å². The highest BCUT2D eigenvalue weighted by molar-refractivity contribution is 6.04. The van der Waals surface area contributed by atoms with Gasteiger partial charge in [-0.25, -0.2) is 4.39 Å². The lowest BCUT2D eigenvalue weighted by Gasteiger charge is -2.35. The normalized spacial score (nSPS) is 21.4. The van der Waals surface area contributed by atoms with Gasteiger partial charge in [0.05, 0.1) is 18.6 Å². The van der Waals surface area contributed by atoms with Crippen LogP contribution >= 0.6 is 0 Å². The minimum Gasteiger partial charge on any atom is -0.294 e. The molecule has 1 aromatic rings. The lowest BCUT2D eigenvalue weighted by Crippen LogP contribution is -2.60. The van der Waals surface area contributed by atoms with E-state index in [9.17, 15) is 18.8 Å². The number of Topliss-reactive ketones (excluding diaryl/α,β-unsaturated/α-hetero) is 1. The minimum atomic E-state index is -0.634. The number of rotatable bonds is 3. The van der Waals surface area contributed by atoms with Crippen molar-refractivity contribution in [3.63, 3.8) is 0 Å². The van der Waals surface area contributed by atoms with Crippen molar-refractivity contribution in [3.8, 4) is 0 Å². The molecular formula is C14H15FN2O3. The van der Waals surface area contributed by atoms with Crippen molar-refractivity contribution in [1.82, 2.24) is 10.2 Å². The predicted molar refractivity (Wildman–Crippen MR) is 69.5 cm³/mol. The van der Waals surface area contributed by atoms with Gasteiger partial charge in [-0.15, -0.1) is 0 Å². The fraction of sp³-hybridized carbons (Fsp3) is 0.357. The molecule has 106 valence electrons. The SMILES string of the molecule is CC1C(=O)NC(=O)CN1C(C)C(=O)c1ccc(F)cc1. The third-order valence-electron chi connectivity index (χ3n) is 3.47. The van der Waals surface area contributed by atoms with Gasteiger partial charge in [-0.3, -0.25) is 24.6 Å². The molecule has 6 heteroatoms. The zero-order chi connectivity index (χ0) is 14.9. The third kappa shape index (κ3) is 2.75. The van der Waals surface area contributed by atoms with Crippen LogP contribution in [-0.2, 0) is 9.59 Å². The number of hydrogen-bond donors (Lipinski definition) is 1. The second-order valence-corrected chi connectivity index (χ2v) is 4.81. The lowest BCUT2D eigenvalue weighted by atomic mass is 10.0. The number of carbonyl (C=O) groups excluding carboxylic acids is 3. The molecule has 1 heterocycles. The van der Waals surface area contributed by atoms with Gasteiger partial charge in [-0.1, -0.05) is 0 Å². The van der Waals surface area contributed by atoms with E-state index in [0.717, 1.165) is 0 Å². The first-order valence-corrected chi connectivity index (χ1v) is 6.29. The lowest BCUT2D eigenvalue weighted by molar-refractivity contribution is -0.140. The summed E-state index contributed by atoms with van der Waals surface area (Å²) in [6.07, 6.45) is 0. The molecule has 5 nitrogen and oxygen atoms in total. The molecule has 20 heavy (non-hydrogen) atoms. The number of benzene rings is 1. The number of carbonyl (C=O) groups is 3. The van der Waals surface area contributed by atoms with Crippen LogP contribution in [0.25, 0.3) is 0 Å². The van der Waals surface area contributed by atoms with E-state index in [1.165, 1.54) is 29.2 Å². The molecule has 1 aliphatic heterocycles. The first kappa shape index (κ1) is 14.3. The zero-order valence-corrected chi connectivity index (χ0v) is 11.2. The summed E-state index contributed by atoms with van der Waals surface area (Å²) in [6, 6.07) is 4.00. The summed E-state index contributed by atoms with van der Waals surface area (Å²) < 4.78 is 12.9. The van der Waals surface area contributed by atoms with E-state index in [2.05, 4.69) is 5.32 Å². The van der Waals surface area contributed by atoms with Crippen LogP contribution in [0.3, 0.4) is 0 Å². The topological polar surface area (TPSA) is 66.5 Å². The highest BCUT2D eigenvalue weighted by Gasteiger charge is 2.35. The van der Waals surface area contributed by atoms with Gasteiger partial charge in [-0.2, -0.15) is 0 Å². The van der Waals surface area contributed by atoms with Crippen LogP contribution in [0.2, 0.25) is 0 Å². The zero-order valence-electron chi connectivity index (χ0n) is 11.2. The maximum absolute atomic E-state index is 12.9. The molecule has 2 unspecified atom stereocenters. The van der Waals surface area contributed by atoms with Crippen molar-refractivity contribution in [2.75, 3.05) is 6.54 Å². The summed E-state index contributed by atoms with van der Waals surface area (Å²) in [5.41, 5.74) is 0.351. The standard InChI is InChI=1S/C14H15FN2O3/c1-8(13(19)10-3-5-11(15)6-4-10)17-7-12(18)16-14(20)9(17)2/h3-6,8-9H,7H2,1-2H3,(H,16,18,20). The molecule has 0 bridgehead atoms. The van der Waals surface area contributed by atoms with Crippen LogP contribution in [0.4, 0.5) is 4.39 Å². The average Bonchev–Trinajstić information content (AvgIpc) is 2.42. The number of nitrogens with one attached hydrogen (secondary N) is 1. The van der Waals surface area contributed by atoms with Crippen molar-refractivity contribution in [3.05, 3.63) is 35.6 Å². The second-order valence-electron chi connectivity index (χ2n) is 4.81. The molecule has 1 aliphatic rings. The van der Waals surface area contributed by atoms with Gasteiger partial charge in [0.2, 0.25) is 11.8 Å². The van der Waals surface area contributed by atoms with E-state index >= 15 is 0 Å². The minimum absolute atomic E-state index is 0.0129. The molecule has 0 aromatic heterocycles. The molecule has 2 amide bonds. The van der Waals surface area contributed by atoms with Crippen LogP contribution in [-0.4, -0.2) is 41.1 Å². The van der Waals surface area contributed by atoms with E-state index in [1.807, 2.05) is 0 Å². The van der Waals surface area contributed by atoms with Crippen molar-refractivity contribution >= 4 is 17.6 Å². The number of ketones is 1. The Morgan fingerprint density at radius 1 is 1.35 bits per heavy atom. The molecule has 1 saturated heterocycles. The Kier molecular flexibility index (Phi) is 3.94. The van der Waals surface area contributed by atoms with E-state index in [1.54, 1.807) is 13.8 Å². The molecule has 0 aliphatic carbocycles. The average molecular weight is 278 g/mol. The van der Waals surface area contributed by atoms with E-state index in [4.69, 9.17) is 0 Å². The smallest absolute Gasteiger partial charge is 0.243 e. The van der Waals surface area contributed by atoms with Gasteiger partial charge in [0, 0.05) is 5.56 Å². The highest BCUT2D eigenvalue weighted by Crippen LogP contribution is 2.15. The summed E-state index contributed by atoms with van der Waals surface area (Å²) in [5.74, 6) is -1.51. The van der Waals surface area contributed by atoms with E-state index in [0.29, 0.717) is 5.56 Å². The number of hydrogen-bond acceptors (Lipinski definition) is 4. The monoisotopic (exact) mass is 278 g/mol. The summed E-state index contributed by atoms with van der Waals surface area (Å²) in [5, 5.41) is 2.22. The number of piperazine rings is 1.